The Hall–Kier alpha value is -2.80. The molecule has 6 nitrogen and oxygen atoms in total. The fourth-order valence-corrected chi connectivity index (χ4v) is 3.18. The molecule has 0 spiro atoms. The van der Waals surface area contributed by atoms with E-state index >= 15 is 0 Å². The molecule has 0 bridgehead atoms. The van der Waals surface area contributed by atoms with E-state index in [2.05, 4.69) is 10.4 Å². The number of nitrogens with one attached hydrogen (secondary N) is 1. The number of carboxylic acids is 1. The third kappa shape index (κ3) is 3.10. The first-order chi connectivity index (χ1) is 12.0. The molecule has 0 fully saturated rings. The van der Waals surface area contributed by atoms with Gasteiger partial charge in [0.25, 0.3) is 5.91 Å². The van der Waals surface area contributed by atoms with Gasteiger partial charge in [-0.1, -0.05) is 42.1 Å². The van der Waals surface area contributed by atoms with Crippen LogP contribution in [0.4, 0.5) is 5.69 Å². The van der Waals surface area contributed by atoms with Crippen molar-refractivity contribution in [3.8, 4) is 0 Å². The number of hydrogen-bond acceptors (Lipinski definition) is 5. The van der Waals surface area contributed by atoms with E-state index in [0.29, 0.717) is 10.7 Å². The van der Waals surface area contributed by atoms with Gasteiger partial charge in [-0.2, -0.15) is 5.01 Å². The molecule has 7 heteroatoms. The van der Waals surface area contributed by atoms with Gasteiger partial charge in [0.2, 0.25) is 0 Å². The molecule has 2 aromatic carbocycles. The van der Waals surface area contributed by atoms with E-state index in [-0.39, 0.29) is 11.5 Å². The van der Waals surface area contributed by atoms with Crippen LogP contribution >= 0.6 is 11.8 Å². The lowest BCUT2D eigenvalue weighted by molar-refractivity contribution is -0.129. The standard InChI is InChI=1S/C18H17N3O3S/c1-18(13-10-8-12(9-11-13)15(22)23)16(24)21(17(19-18)25-2)20-14-6-4-3-5-7-14/h3-11,20H,1-2H3,(H,22,23)/t18-/m1/s1. The number of hydrogen-bond donors (Lipinski definition) is 2. The fraction of sp³-hybridized carbons (Fsp3) is 0.167. The fourth-order valence-electron chi connectivity index (χ4n) is 2.60. The van der Waals surface area contributed by atoms with E-state index in [9.17, 15) is 9.59 Å². The number of carboxylic acid groups (broad SMARTS) is 1. The normalized spacial score (nSPS) is 19.7. The molecule has 1 heterocycles. The summed E-state index contributed by atoms with van der Waals surface area (Å²) in [6.07, 6.45) is 1.85. The van der Waals surface area contributed by atoms with Gasteiger partial charge in [0, 0.05) is 0 Å². The molecule has 0 saturated heterocycles. The molecule has 0 aromatic heterocycles. The van der Waals surface area contributed by atoms with Crippen molar-refractivity contribution >= 4 is 34.5 Å². The van der Waals surface area contributed by atoms with Crippen LogP contribution in [0, 0.1) is 0 Å². The van der Waals surface area contributed by atoms with Crippen molar-refractivity contribution in [2.75, 3.05) is 11.7 Å². The van der Waals surface area contributed by atoms with Crippen LogP contribution in [-0.2, 0) is 10.3 Å². The second kappa shape index (κ2) is 6.60. The van der Waals surface area contributed by atoms with Crippen molar-refractivity contribution in [3.05, 3.63) is 65.7 Å². The van der Waals surface area contributed by atoms with Gasteiger partial charge in [-0.3, -0.25) is 10.2 Å². The van der Waals surface area contributed by atoms with Gasteiger partial charge in [0.05, 0.1) is 11.3 Å². The zero-order valence-corrected chi connectivity index (χ0v) is 14.6. The Morgan fingerprint density at radius 1 is 1.16 bits per heavy atom. The summed E-state index contributed by atoms with van der Waals surface area (Å²) in [6.45, 7) is 1.73. The SMILES string of the molecule is CSC1=N[C@](C)(c2ccc(C(=O)O)cc2)C(=O)N1Nc1ccccc1. The van der Waals surface area contributed by atoms with Gasteiger partial charge in [-0.05, 0) is 43.0 Å². The summed E-state index contributed by atoms with van der Waals surface area (Å²) in [6, 6.07) is 15.6. The smallest absolute Gasteiger partial charge is 0.335 e. The van der Waals surface area contributed by atoms with Gasteiger partial charge in [-0.25, -0.2) is 9.79 Å². The van der Waals surface area contributed by atoms with Gasteiger partial charge >= 0.3 is 5.97 Å². The summed E-state index contributed by atoms with van der Waals surface area (Å²) < 4.78 is 0. The van der Waals surface area contributed by atoms with Gasteiger partial charge < -0.3 is 5.11 Å². The van der Waals surface area contributed by atoms with Crippen LogP contribution in [0.3, 0.4) is 0 Å². The van der Waals surface area contributed by atoms with Crippen LogP contribution < -0.4 is 5.43 Å². The number of rotatable bonds is 4. The molecule has 1 atom stereocenters. The van der Waals surface area contributed by atoms with Crippen molar-refractivity contribution < 1.29 is 14.7 Å². The Labute approximate surface area is 149 Å². The predicted octanol–water partition coefficient (Wildman–Crippen LogP) is 3.19. The van der Waals surface area contributed by atoms with Crippen molar-refractivity contribution in [1.82, 2.24) is 5.01 Å². The zero-order chi connectivity index (χ0) is 18.0. The third-order valence-electron chi connectivity index (χ3n) is 4.02. The van der Waals surface area contributed by atoms with Gasteiger partial charge in [-0.15, -0.1) is 0 Å². The Balaban J connectivity index is 1.93. The van der Waals surface area contributed by atoms with Crippen LogP contribution in [0.1, 0.15) is 22.8 Å². The summed E-state index contributed by atoms with van der Waals surface area (Å²) in [5.41, 5.74) is 3.58. The molecule has 1 aliphatic rings. The van der Waals surface area contributed by atoms with E-state index in [1.165, 1.54) is 28.9 Å². The highest BCUT2D eigenvalue weighted by molar-refractivity contribution is 8.13. The number of nitrogens with zero attached hydrogens (tertiary/aromatic N) is 2. The van der Waals surface area contributed by atoms with E-state index in [0.717, 1.165) is 5.69 Å². The van der Waals surface area contributed by atoms with Gasteiger partial charge in [0.1, 0.15) is 0 Å². The quantitative estimate of drug-likeness (QED) is 0.880. The number of anilines is 1. The lowest BCUT2D eigenvalue weighted by Gasteiger charge is -2.24. The molecule has 2 N–H and O–H groups in total. The van der Waals surface area contributed by atoms with Crippen LogP contribution in [0.15, 0.2) is 59.6 Å². The maximum atomic E-state index is 13.0. The number of aliphatic imine (C=N–C) groups is 1. The number of benzene rings is 2. The molecule has 1 aliphatic heterocycles. The van der Waals surface area contributed by atoms with E-state index < -0.39 is 11.5 Å². The van der Waals surface area contributed by atoms with E-state index in [4.69, 9.17) is 5.11 Å². The summed E-state index contributed by atoms with van der Waals surface area (Å²) in [4.78, 5) is 28.6. The first-order valence-corrected chi connectivity index (χ1v) is 8.82. The van der Waals surface area contributed by atoms with Crippen molar-refractivity contribution in [1.29, 1.82) is 0 Å². The maximum absolute atomic E-state index is 13.0. The molecule has 128 valence electrons. The summed E-state index contributed by atoms with van der Waals surface area (Å²) in [5, 5.41) is 11.0. The zero-order valence-electron chi connectivity index (χ0n) is 13.8. The first-order valence-electron chi connectivity index (χ1n) is 7.59. The minimum atomic E-state index is -1.10. The van der Waals surface area contributed by atoms with Crippen molar-refractivity contribution in [2.45, 2.75) is 12.5 Å². The minimum Gasteiger partial charge on any atom is -0.478 e. The Morgan fingerprint density at radius 2 is 1.80 bits per heavy atom. The molecule has 0 aliphatic carbocycles. The first kappa shape index (κ1) is 17.0. The van der Waals surface area contributed by atoms with Crippen LogP contribution in [0.5, 0.6) is 0 Å². The molecule has 0 unspecified atom stereocenters. The Kier molecular flexibility index (Phi) is 4.50. The highest BCUT2D eigenvalue weighted by Gasteiger charge is 2.46. The highest BCUT2D eigenvalue weighted by Crippen LogP contribution is 2.35. The molecule has 25 heavy (non-hydrogen) atoms. The summed E-state index contributed by atoms with van der Waals surface area (Å²) >= 11 is 1.37. The summed E-state index contributed by atoms with van der Waals surface area (Å²) in [5.74, 6) is -1.22. The molecular formula is C18H17N3O3S. The number of para-hydroxylation sites is 1. The number of carbonyl (C=O) groups excluding carboxylic acids is 1. The monoisotopic (exact) mass is 355 g/mol. The van der Waals surface area contributed by atoms with Gasteiger partial charge in [0.15, 0.2) is 10.7 Å². The largest absolute Gasteiger partial charge is 0.478 e. The number of hydrazine groups is 1. The topological polar surface area (TPSA) is 82.0 Å². The molecule has 1 amide bonds. The number of aromatic carboxylic acids is 1. The Bertz CT molecular complexity index is 836. The lowest BCUT2D eigenvalue weighted by Crippen LogP contribution is -2.42. The third-order valence-corrected chi connectivity index (χ3v) is 4.66. The minimum absolute atomic E-state index is 0.172. The number of amidine groups is 1. The van der Waals surface area contributed by atoms with Crippen molar-refractivity contribution in [3.63, 3.8) is 0 Å². The second-order valence-corrected chi connectivity index (χ2v) is 6.45. The molecule has 2 aromatic rings. The van der Waals surface area contributed by atoms with E-state index in [1.807, 2.05) is 36.6 Å². The highest BCUT2D eigenvalue weighted by atomic mass is 32.2. The second-order valence-electron chi connectivity index (χ2n) is 5.67. The number of amides is 1. The Morgan fingerprint density at radius 3 is 2.36 bits per heavy atom. The maximum Gasteiger partial charge on any atom is 0.335 e. The lowest BCUT2D eigenvalue weighted by atomic mass is 9.92. The van der Waals surface area contributed by atoms with Crippen molar-refractivity contribution in [2.24, 2.45) is 4.99 Å². The number of carbonyl (C=O) groups is 2. The number of thioether (sulfide) groups is 1. The van der Waals surface area contributed by atoms with E-state index in [1.54, 1.807) is 19.1 Å². The molecular weight excluding hydrogens is 338 g/mol. The summed E-state index contributed by atoms with van der Waals surface area (Å²) in [7, 11) is 0. The van der Waals surface area contributed by atoms with Crippen LogP contribution in [0.2, 0.25) is 0 Å². The molecule has 3 rings (SSSR count). The molecule has 0 saturated carbocycles. The average molecular weight is 355 g/mol. The predicted molar refractivity (Wildman–Crippen MR) is 98.6 cm³/mol. The van der Waals surface area contributed by atoms with Crippen LogP contribution in [0.25, 0.3) is 0 Å². The molecule has 0 radical (unpaired) electrons. The van der Waals surface area contributed by atoms with Crippen LogP contribution in [-0.4, -0.2) is 33.4 Å². The average Bonchev–Trinajstić information content (AvgIpc) is 2.88.